The predicted octanol–water partition coefficient (Wildman–Crippen LogP) is 5.07. The summed E-state index contributed by atoms with van der Waals surface area (Å²) in [5, 5.41) is 3.31. The molecule has 0 spiro atoms. The molecule has 1 N–H and O–H groups in total. The Morgan fingerprint density at radius 1 is 1.29 bits per heavy atom. The number of hydrogen-bond acceptors (Lipinski definition) is 7. The van der Waals surface area contributed by atoms with Crippen LogP contribution in [0.4, 0.5) is 0 Å². The maximum atomic E-state index is 12.4. The average Bonchev–Trinajstić information content (AvgIpc) is 2.78. The number of carbonyl (C=O) groups excluding carboxylic acids is 3. The summed E-state index contributed by atoms with van der Waals surface area (Å²) in [4.78, 5) is 35.0. The summed E-state index contributed by atoms with van der Waals surface area (Å²) in [6.45, 7) is 9.64. The minimum atomic E-state index is -0.245. The maximum Gasteiger partial charge on any atom is 0.325 e. The van der Waals surface area contributed by atoms with E-state index in [0.717, 1.165) is 29.7 Å². The van der Waals surface area contributed by atoms with Gasteiger partial charge >= 0.3 is 5.97 Å². The fourth-order valence-corrected chi connectivity index (χ4v) is 3.55. The Balaban J connectivity index is 0.000000407. The summed E-state index contributed by atoms with van der Waals surface area (Å²) >= 11 is 5.26. The van der Waals surface area contributed by atoms with Crippen LogP contribution in [0.3, 0.4) is 0 Å². The molecule has 1 atom stereocenters. The zero-order valence-corrected chi connectivity index (χ0v) is 20.1. The SMILES string of the molecule is C=C(C)NCC(=O)OCC.CC(C(=O)SCS)c1cccc(C(=O)C2=CCCC=C2)c1. The number of thiol groups is 1. The Kier molecular flexibility index (Phi) is 12.7. The van der Waals surface area contributed by atoms with Crippen LogP contribution in [0.25, 0.3) is 0 Å². The molecule has 1 aliphatic carbocycles. The van der Waals surface area contributed by atoms with E-state index >= 15 is 0 Å². The molecule has 31 heavy (non-hydrogen) atoms. The van der Waals surface area contributed by atoms with Crippen LogP contribution in [-0.2, 0) is 14.3 Å². The molecule has 0 heterocycles. The Morgan fingerprint density at radius 2 is 2.03 bits per heavy atom. The first-order chi connectivity index (χ1) is 14.8. The number of Topliss-reactive ketones (excluding diaryl/α,β-unsaturated/α-hetero) is 1. The molecule has 1 aromatic rings. The monoisotopic (exact) mass is 461 g/mol. The van der Waals surface area contributed by atoms with Gasteiger partial charge in [-0.25, -0.2) is 0 Å². The van der Waals surface area contributed by atoms with E-state index in [1.165, 1.54) is 11.8 Å². The van der Waals surface area contributed by atoms with Crippen molar-refractivity contribution in [3.05, 3.63) is 71.5 Å². The third kappa shape index (κ3) is 10.1. The van der Waals surface area contributed by atoms with Gasteiger partial charge in [-0.3, -0.25) is 14.4 Å². The first-order valence-corrected chi connectivity index (χ1v) is 11.8. The van der Waals surface area contributed by atoms with Gasteiger partial charge in [0.25, 0.3) is 0 Å². The van der Waals surface area contributed by atoms with Gasteiger partial charge in [0.15, 0.2) is 10.9 Å². The van der Waals surface area contributed by atoms with Crippen LogP contribution in [0.5, 0.6) is 0 Å². The zero-order valence-electron chi connectivity index (χ0n) is 18.3. The van der Waals surface area contributed by atoms with Gasteiger partial charge in [0.1, 0.15) is 6.54 Å². The first kappa shape index (κ1) is 26.8. The number of thioether (sulfide) groups is 1. The normalized spacial score (nSPS) is 13.2. The molecule has 0 aromatic heterocycles. The van der Waals surface area contributed by atoms with Gasteiger partial charge in [-0.15, -0.1) is 0 Å². The van der Waals surface area contributed by atoms with Crippen LogP contribution >= 0.6 is 24.4 Å². The van der Waals surface area contributed by atoms with Crippen LogP contribution in [0, 0.1) is 0 Å². The zero-order chi connectivity index (χ0) is 23.2. The summed E-state index contributed by atoms with van der Waals surface area (Å²) in [5.41, 5.74) is 3.02. The second-order valence-electron chi connectivity index (χ2n) is 6.85. The van der Waals surface area contributed by atoms with Crippen LogP contribution < -0.4 is 5.32 Å². The van der Waals surface area contributed by atoms with Gasteiger partial charge in [-0.1, -0.05) is 61.7 Å². The third-order valence-corrected chi connectivity index (χ3v) is 5.46. The first-order valence-electron chi connectivity index (χ1n) is 10.1. The summed E-state index contributed by atoms with van der Waals surface area (Å²) in [6.07, 6.45) is 7.77. The molecule has 0 bridgehead atoms. The van der Waals surface area contributed by atoms with Crippen molar-refractivity contribution in [3.63, 3.8) is 0 Å². The lowest BCUT2D eigenvalue weighted by Gasteiger charge is -2.12. The highest BCUT2D eigenvalue weighted by atomic mass is 32.2. The predicted molar refractivity (Wildman–Crippen MR) is 132 cm³/mol. The van der Waals surface area contributed by atoms with Crippen molar-refractivity contribution in [3.8, 4) is 0 Å². The van der Waals surface area contributed by atoms with Gasteiger partial charge in [-0.2, -0.15) is 12.6 Å². The summed E-state index contributed by atoms with van der Waals surface area (Å²) in [5.74, 6) is -0.453. The highest BCUT2D eigenvalue weighted by Gasteiger charge is 2.18. The number of esters is 1. The summed E-state index contributed by atoms with van der Waals surface area (Å²) in [7, 11) is 0. The van der Waals surface area contributed by atoms with Gasteiger partial charge in [0, 0.05) is 21.9 Å². The van der Waals surface area contributed by atoms with Gasteiger partial charge in [-0.05, 0) is 38.3 Å². The summed E-state index contributed by atoms with van der Waals surface area (Å²) in [6, 6.07) is 7.36. The standard InChI is InChI=1S/C17H18O2S2.C7H13NO2/c1-12(17(19)21-11-20)14-8-5-9-15(10-14)16(18)13-6-3-2-4-7-13;1-4-10-7(9)5-8-6(2)3/h3,5-10,12,20H,2,4,11H2,1H3;8H,2,4-5H2,1,3H3. The van der Waals surface area contributed by atoms with Crippen LogP contribution in [0.15, 0.2) is 60.3 Å². The van der Waals surface area contributed by atoms with E-state index in [1.54, 1.807) is 19.9 Å². The number of hydrogen-bond donors (Lipinski definition) is 2. The Labute approximate surface area is 194 Å². The molecule has 0 fully saturated rings. The van der Waals surface area contributed by atoms with E-state index in [1.807, 2.05) is 43.4 Å². The Morgan fingerprint density at radius 3 is 2.61 bits per heavy atom. The van der Waals surface area contributed by atoms with E-state index in [9.17, 15) is 14.4 Å². The van der Waals surface area contributed by atoms with E-state index in [4.69, 9.17) is 0 Å². The van der Waals surface area contributed by atoms with E-state index in [0.29, 0.717) is 17.3 Å². The van der Waals surface area contributed by atoms with Crippen molar-refractivity contribution in [2.24, 2.45) is 0 Å². The van der Waals surface area contributed by atoms with Crippen LogP contribution in [0.1, 0.15) is 55.5 Å². The van der Waals surface area contributed by atoms with Crippen molar-refractivity contribution in [2.75, 3.05) is 18.2 Å². The third-order valence-electron chi connectivity index (χ3n) is 4.31. The molecule has 0 saturated carbocycles. The molecule has 0 amide bonds. The lowest BCUT2D eigenvalue weighted by Crippen LogP contribution is -2.22. The average molecular weight is 462 g/mol. The smallest absolute Gasteiger partial charge is 0.325 e. The topological polar surface area (TPSA) is 72.5 Å². The van der Waals surface area contributed by atoms with Gasteiger partial charge in [0.2, 0.25) is 0 Å². The van der Waals surface area contributed by atoms with Crippen molar-refractivity contribution >= 4 is 41.3 Å². The second kappa shape index (κ2) is 14.7. The highest BCUT2D eigenvalue weighted by Crippen LogP contribution is 2.25. The minimum Gasteiger partial charge on any atom is -0.465 e. The maximum absolute atomic E-state index is 12.4. The molecule has 1 unspecified atom stereocenters. The highest BCUT2D eigenvalue weighted by molar-refractivity contribution is 8.20. The van der Waals surface area contributed by atoms with E-state index < -0.39 is 0 Å². The molecule has 1 aliphatic rings. The molecule has 1 aromatic carbocycles. The number of ketones is 1. The number of nitrogens with one attached hydrogen (secondary N) is 1. The van der Waals surface area contributed by atoms with Crippen LogP contribution in [0.2, 0.25) is 0 Å². The molecular weight excluding hydrogens is 430 g/mol. The number of carbonyl (C=O) groups is 3. The van der Waals surface area contributed by atoms with Gasteiger partial charge in [0.05, 0.1) is 12.5 Å². The second-order valence-corrected chi connectivity index (χ2v) is 8.57. The Hall–Kier alpha value is -2.25. The number of rotatable bonds is 9. The van der Waals surface area contributed by atoms with Crippen molar-refractivity contribution in [1.82, 2.24) is 5.32 Å². The molecular formula is C24H31NO4S2. The number of benzene rings is 1. The number of ether oxygens (including phenoxy) is 1. The molecule has 0 saturated heterocycles. The summed E-state index contributed by atoms with van der Waals surface area (Å²) < 4.78 is 4.65. The van der Waals surface area contributed by atoms with Gasteiger partial charge < -0.3 is 10.1 Å². The molecule has 0 radical (unpaired) electrons. The lowest BCUT2D eigenvalue weighted by molar-refractivity contribution is -0.141. The van der Waals surface area contributed by atoms with E-state index in [-0.39, 0.29) is 29.3 Å². The van der Waals surface area contributed by atoms with Crippen molar-refractivity contribution in [1.29, 1.82) is 0 Å². The quantitative estimate of drug-likeness (QED) is 0.232. The fraction of sp³-hybridized carbons (Fsp3) is 0.375. The van der Waals surface area contributed by atoms with E-state index in [2.05, 4.69) is 29.3 Å². The minimum absolute atomic E-state index is 0.0225. The molecule has 168 valence electrons. The molecule has 7 heteroatoms. The molecule has 0 aliphatic heterocycles. The molecule has 2 rings (SSSR count). The lowest BCUT2D eigenvalue weighted by atomic mass is 9.94. The van der Waals surface area contributed by atoms with Crippen molar-refractivity contribution < 1.29 is 19.1 Å². The Bertz CT molecular complexity index is 846. The van der Waals surface area contributed by atoms with Crippen LogP contribution in [-0.4, -0.2) is 35.1 Å². The van der Waals surface area contributed by atoms with Crippen molar-refractivity contribution in [2.45, 2.75) is 39.5 Å². The fourth-order valence-electron chi connectivity index (χ4n) is 2.66. The largest absolute Gasteiger partial charge is 0.465 e. The number of allylic oxidation sites excluding steroid dienone is 5. The molecule has 5 nitrogen and oxygen atoms in total.